The van der Waals surface area contributed by atoms with Gasteiger partial charge in [0.15, 0.2) is 11.6 Å². The molecular weight excluding hydrogens is 214 g/mol. The monoisotopic (exact) mass is 231 g/mol. The maximum absolute atomic E-state index is 5.43. The van der Waals surface area contributed by atoms with Crippen LogP contribution < -0.4 is 5.32 Å². The van der Waals surface area contributed by atoms with Gasteiger partial charge in [-0.15, -0.1) is 0 Å². The Balaban J connectivity index is 2.58. The Morgan fingerprint density at radius 2 is 2.06 bits per heavy atom. The van der Waals surface area contributed by atoms with Crippen LogP contribution in [0.5, 0.6) is 0 Å². The van der Waals surface area contributed by atoms with Crippen molar-refractivity contribution >= 4 is 5.82 Å². The summed E-state index contributed by atoms with van der Waals surface area (Å²) in [6, 6.07) is 1.92. The first-order valence-corrected chi connectivity index (χ1v) is 5.77. The highest BCUT2D eigenvalue weighted by atomic mass is 16.3. The van der Waals surface area contributed by atoms with E-state index in [-0.39, 0.29) is 0 Å². The summed E-state index contributed by atoms with van der Waals surface area (Å²) >= 11 is 0. The van der Waals surface area contributed by atoms with E-state index in [2.05, 4.69) is 22.2 Å². The Bertz CT molecular complexity index is 531. The second-order valence-electron chi connectivity index (χ2n) is 4.00. The van der Waals surface area contributed by atoms with Gasteiger partial charge in [0.2, 0.25) is 0 Å². The van der Waals surface area contributed by atoms with Gasteiger partial charge in [-0.1, -0.05) is 6.92 Å². The van der Waals surface area contributed by atoms with Gasteiger partial charge < -0.3 is 9.73 Å². The SMILES string of the molecule is CCc1c(C)nc(-c2occc2C)nc1NC. The van der Waals surface area contributed by atoms with Crippen molar-refractivity contribution in [1.29, 1.82) is 0 Å². The third kappa shape index (κ3) is 2.02. The molecule has 0 saturated heterocycles. The molecule has 90 valence electrons. The number of hydrogen-bond acceptors (Lipinski definition) is 4. The van der Waals surface area contributed by atoms with Gasteiger partial charge in [0, 0.05) is 18.3 Å². The fourth-order valence-electron chi connectivity index (χ4n) is 1.93. The zero-order valence-corrected chi connectivity index (χ0v) is 10.7. The Kier molecular flexibility index (Phi) is 3.13. The predicted molar refractivity (Wildman–Crippen MR) is 68.1 cm³/mol. The quantitative estimate of drug-likeness (QED) is 0.882. The van der Waals surface area contributed by atoms with Gasteiger partial charge in [0.05, 0.1) is 6.26 Å². The molecule has 0 fully saturated rings. The number of aromatic nitrogens is 2. The molecule has 0 radical (unpaired) electrons. The van der Waals surface area contributed by atoms with E-state index < -0.39 is 0 Å². The summed E-state index contributed by atoms with van der Waals surface area (Å²) in [5.41, 5.74) is 3.20. The van der Waals surface area contributed by atoms with Gasteiger partial charge in [0.1, 0.15) is 5.82 Å². The van der Waals surface area contributed by atoms with Crippen molar-refractivity contribution in [1.82, 2.24) is 9.97 Å². The van der Waals surface area contributed by atoms with E-state index in [1.54, 1.807) is 6.26 Å². The second-order valence-corrected chi connectivity index (χ2v) is 4.00. The number of nitrogens with one attached hydrogen (secondary N) is 1. The molecule has 0 amide bonds. The zero-order chi connectivity index (χ0) is 12.4. The molecule has 2 heterocycles. The van der Waals surface area contributed by atoms with E-state index in [4.69, 9.17) is 4.42 Å². The molecule has 17 heavy (non-hydrogen) atoms. The van der Waals surface area contributed by atoms with Gasteiger partial charge in [-0.05, 0) is 31.9 Å². The molecular formula is C13H17N3O. The van der Waals surface area contributed by atoms with Gasteiger partial charge in [0.25, 0.3) is 0 Å². The van der Waals surface area contributed by atoms with Gasteiger partial charge in [-0.2, -0.15) is 0 Å². The van der Waals surface area contributed by atoms with Crippen LogP contribution >= 0.6 is 0 Å². The Hall–Kier alpha value is -1.84. The molecule has 0 atom stereocenters. The molecule has 1 N–H and O–H groups in total. The van der Waals surface area contributed by atoms with Crippen molar-refractivity contribution in [3.05, 3.63) is 29.2 Å². The van der Waals surface area contributed by atoms with Crippen LogP contribution in [-0.2, 0) is 6.42 Å². The number of nitrogens with zero attached hydrogens (tertiary/aromatic N) is 2. The minimum Gasteiger partial charge on any atom is -0.461 e. The smallest absolute Gasteiger partial charge is 0.198 e. The average molecular weight is 231 g/mol. The third-order valence-electron chi connectivity index (χ3n) is 2.87. The summed E-state index contributed by atoms with van der Waals surface area (Å²) in [6.07, 6.45) is 2.58. The second kappa shape index (κ2) is 4.57. The third-order valence-corrected chi connectivity index (χ3v) is 2.87. The molecule has 0 aliphatic rings. The molecule has 0 aliphatic heterocycles. The summed E-state index contributed by atoms with van der Waals surface area (Å²) in [4.78, 5) is 9.02. The summed E-state index contributed by atoms with van der Waals surface area (Å²) in [6.45, 7) is 6.10. The van der Waals surface area contributed by atoms with E-state index in [0.717, 1.165) is 34.8 Å². The Labute approximate surface area is 101 Å². The van der Waals surface area contributed by atoms with Crippen LogP contribution in [0.15, 0.2) is 16.7 Å². The summed E-state index contributed by atoms with van der Waals surface area (Å²) in [5.74, 6) is 2.27. The lowest BCUT2D eigenvalue weighted by Gasteiger charge is -2.10. The molecule has 4 heteroatoms. The van der Waals surface area contributed by atoms with Crippen LogP contribution in [0.1, 0.15) is 23.7 Å². The average Bonchev–Trinajstić information content (AvgIpc) is 2.74. The van der Waals surface area contributed by atoms with Gasteiger partial charge in [-0.3, -0.25) is 0 Å². The van der Waals surface area contributed by atoms with Crippen molar-refractivity contribution in [3.8, 4) is 11.6 Å². The largest absolute Gasteiger partial charge is 0.461 e. The van der Waals surface area contributed by atoms with E-state index in [0.29, 0.717) is 5.82 Å². The number of hydrogen-bond donors (Lipinski definition) is 1. The maximum atomic E-state index is 5.43. The van der Waals surface area contributed by atoms with E-state index in [1.165, 1.54) is 0 Å². The summed E-state index contributed by atoms with van der Waals surface area (Å²) in [5, 5.41) is 3.12. The Morgan fingerprint density at radius 3 is 2.59 bits per heavy atom. The predicted octanol–water partition coefficient (Wildman–Crippen LogP) is 2.96. The highest BCUT2D eigenvalue weighted by Gasteiger charge is 2.14. The first-order valence-electron chi connectivity index (χ1n) is 5.77. The lowest BCUT2D eigenvalue weighted by atomic mass is 10.1. The molecule has 0 aliphatic carbocycles. The molecule has 2 rings (SSSR count). The lowest BCUT2D eigenvalue weighted by Crippen LogP contribution is -2.05. The number of furan rings is 1. The molecule has 0 aromatic carbocycles. The molecule has 4 nitrogen and oxygen atoms in total. The van der Waals surface area contributed by atoms with Crippen LogP contribution in [0.2, 0.25) is 0 Å². The van der Waals surface area contributed by atoms with Crippen molar-refractivity contribution < 1.29 is 4.42 Å². The van der Waals surface area contributed by atoms with Crippen molar-refractivity contribution in [2.24, 2.45) is 0 Å². The molecule has 0 saturated carbocycles. The van der Waals surface area contributed by atoms with Crippen LogP contribution in [-0.4, -0.2) is 17.0 Å². The first-order chi connectivity index (χ1) is 8.17. The summed E-state index contributed by atoms with van der Waals surface area (Å²) < 4.78 is 5.43. The number of anilines is 1. The molecule has 0 bridgehead atoms. The fourth-order valence-corrected chi connectivity index (χ4v) is 1.93. The molecule has 0 unspecified atom stereocenters. The number of rotatable bonds is 3. The van der Waals surface area contributed by atoms with E-state index in [9.17, 15) is 0 Å². The van der Waals surface area contributed by atoms with Crippen molar-refractivity contribution in [2.75, 3.05) is 12.4 Å². The van der Waals surface area contributed by atoms with Crippen LogP contribution in [0, 0.1) is 13.8 Å². The van der Waals surface area contributed by atoms with Crippen LogP contribution in [0.4, 0.5) is 5.82 Å². The van der Waals surface area contributed by atoms with Gasteiger partial charge >= 0.3 is 0 Å². The minimum atomic E-state index is 0.645. The standard InChI is InChI=1S/C13H17N3O/c1-5-10-9(3)15-13(16-12(10)14-4)11-8(2)6-7-17-11/h6-7H,5H2,1-4H3,(H,14,15,16). The van der Waals surface area contributed by atoms with Crippen molar-refractivity contribution in [2.45, 2.75) is 27.2 Å². The van der Waals surface area contributed by atoms with Crippen LogP contribution in [0.3, 0.4) is 0 Å². The van der Waals surface area contributed by atoms with Crippen molar-refractivity contribution in [3.63, 3.8) is 0 Å². The molecule has 0 spiro atoms. The maximum Gasteiger partial charge on any atom is 0.198 e. The minimum absolute atomic E-state index is 0.645. The van der Waals surface area contributed by atoms with E-state index >= 15 is 0 Å². The summed E-state index contributed by atoms with van der Waals surface area (Å²) in [7, 11) is 1.87. The number of aryl methyl sites for hydroxylation is 2. The van der Waals surface area contributed by atoms with Gasteiger partial charge in [-0.25, -0.2) is 9.97 Å². The molecule has 2 aromatic heterocycles. The van der Waals surface area contributed by atoms with E-state index in [1.807, 2.05) is 27.0 Å². The first kappa shape index (κ1) is 11.6. The Morgan fingerprint density at radius 1 is 1.29 bits per heavy atom. The van der Waals surface area contributed by atoms with Crippen LogP contribution in [0.25, 0.3) is 11.6 Å². The molecule has 2 aromatic rings. The fraction of sp³-hybridized carbons (Fsp3) is 0.385. The topological polar surface area (TPSA) is 51.0 Å². The highest BCUT2D eigenvalue weighted by molar-refractivity contribution is 5.58. The normalized spacial score (nSPS) is 10.6. The lowest BCUT2D eigenvalue weighted by molar-refractivity contribution is 0.575. The highest BCUT2D eigenvalue weighted by Crippen LogP contribution is 2.25. The zero-order valence-electron chi connectivity index (χ0n) is 10.7.